The molecule has 3 aromatic rings. The molecule has 1 N–H and O–H groups in total. The number of hydrogen-bond donors (Lipinski definition) is 1. The summed E-state index contributed by atoms with van der Waals surface area (Å²) in [6.07, 6.45) is 0. The number of nitrogens with zero attached hydrogens (tertiary/aromatic N) is 1. The van der Waals surface area contributed by atoms with Crippen molar-refractivity contribution in [1.29, 1.82) is 0 Å². The van der Waals surface area contributed by atoms with Gasteiger partial charge in [-0.05, 0) is 40.8 Å². The molecule has 0 saturated heterocycles. The molecule has 0 unspecified atom stereocenters. The number of esters is 2. The maximum atomic E-state index is 13.4. The molecule has 0 amide bonds. The highest BCUT2D eigenvalue weighted by atomic mass is 16.5. The molecule has 0 aromatic heterocycles. The highest BCUT2D eigenvalue weighted by Gasteiger charge is 2.52. The topological polar surface area (TPSA) is 77.1 Å². The molecular weight excluding hydrogens is 480 g/mol. The zero-order valence-corrected chi connectivity index (χ0v) is 22.0. The molecule has 0 bridgehead atoms. The van der Waals surface area contributed by atoms with E-state index in [0.29, 0.717) is 12.1 Å². The van der Waals surface area contributed by atoms with Crippen LogP contribution in [0.5, 0.6) is 5.75 Å². The van der Waals surface area contributed by atoms with Gasteiger partial charge in [0.15, 0.2) is 0 Å². The summed E-state index contributed by atoms with van der Waals surface area (Å²) in [6.45, 7) is 2.42. The molecule has 7 heteroatoms. The minimum Gasteiger partial charge on any atom is -0.497 e. The Labute approximate surface area is 223 Å². The van der Waals surface area contributed by atoms with E-state index in [-0.39, 0.29) is 29.6 Å². The van der Waals surface area contributed by atoms with Crippen molar-refractivity contribution in [2.75, 3.05) is 26.6 Å². The molecule has 2 aliphatic rings. The summed E-state index contributed by atoms with van der Waals surface area (Å²) in [5.41, 5.74) is 4.72. The van der Waals surface area contributed by atoms with Gasteiger partial charge in [0, 0.05) is 18.2 Å². The predicted octanol–water partition coefficient (Wildman–Crippen LogP) is 5.27. The molecule has 2 aliphatic heterocycles. The quantitative estimate of drug-likeness (QED) is 0.451. The van der Waals surface area contributed by atoms with Crippen molar-refractivity contribution in [2.24, 2.45) is 11.8 Å². The first kappa shape index (κ1) is 25.4. The van der Waals surface area contributed by atoms with E-state index in [9.17, 15) is 9.59 Å². The number of methoxy groups -OCH3 is 3. The molecule has 0 spiro atoms. The number of anilines is 1. The number of rotatable bonds is 6. The van der Waals surface area contributed by atoms with E-state index in [1.807, 2.05) is 78.6 Å². The first-order valence-corrected chi connectivity index (χ1v) is 12.7. The summed E-state index contributed by atoms with van der Waals surface area (Å²) < 4.78 is 15.9. The van der Waals surface area contributed by atoms with E-state index < -0.39 is 11.9 Å². The average molecular weight is 513 g/mol. The second kappa shape index (κ2) is 10.6. The molecule has 2 heterocycles. The van der Waals surface area contributed by atoms with E-state index in [1.54, 1.807) is 7.11 Å². The number of hydrogen-bond acceptors (Lipinski definition) is 7. The molecule has 0 fully saturated rings. The zero-order valence-electron chi connectivity index (χ0n) is 22.0. The molecule has 4 atom stereocenters. The second-order valence-electron chi connectivity index (χ2n) is 9.65. The number of carbonyl (C=O) groups is 2. The molecule has 196 valence electrons. The van der Waals surface area contributed by atoms with E-state index in [1.165, 1.54) is 14.2 Å². The van der Waals surface area contributed by atoms with Crippen molar-refractivity contribution < 1.29 is 23.8 Å². The van der Waals surface area contributed by atoms with Gasteiger partial charge in [-0.2, -0.15) is 0 Å². The lowest BCUT2D eigenvalue weighted by atomic mass is 9.67. The number of carbonyl (C=O) groups excluding carboxylic acids is 2. The van der Waals surface area contributed by atoms with Crippen molar-refractivity contribution >= 4 is 17.6 Å². The lowest BCUT2D eigenvalue weighted by Crippen LogP contribution is -2.50. The maximum Gasteiger partial charge on any atom is 0.354 e. The maximum absolute atomic E-state index is 13.4. The molecular formula is C31H32N2O5. The fourth-order valence-corrected chi connectivity index (χ4v) is 5.97. The van der Waals surface area contributed by atoms with Gasteiger partial charge in [-0.3, -0.25) is 0 Å². The van der Waals surface area contributed by atoms with Crippen LogP contribution in [0.2, 0.25) is 0 Å². The lowest BCUT2D eigenvalue weighted by molar-refractivity contribution is -0.143. The van der Waals surface area contributed by atoms with Crippen molar-refractivity contribution in [3.63, 3.8) is 0 Å². The van der Waals surface area contributed by atoms with Crippen LogP contribution in [0.1, 0.15) is 35.7 Å². The molecule has 5 rings (SSSR count). The Balaban J connectivity index is 1.76. The minimum atomic E-state index is -0.552. The molecule has 0 radical (unpaired) electrons. The lowest BCUT2D eigenvalue weighted by Gasteiger charge is -2.52. The summed E-state index contributed by atoms with van der Waals surface area (Å²) >= 11 is 0. The number of ether oxygens (including phenoxy) is 3. The second-order valence-corrected chi connectivity index (χ2v) is 9.65. The zero-order chi connectivity index (χ0) is 26.8. The fraction of sp³-hybridized carbons (Fsp3) is 0.290. The van der Waals surface area contributed by atoms with Crippen LogP contribution in [0.25, 0.3) is 0 Å². The van der Waals surface area contributed by atoms with E-state index in [2.05, 4.69) is 17.4 Å². The molecule has 0 saturated carbocycles. The monoisotopic (exact) mass is 512 g/mol. The van der Waals surface area contributed by atoms with Crippen molar-refractivity contribution in [2.45, 2.75) is 25.6 Å². The number of benzene rings is 3. The number of fused-ring (bicyclic) bond motifs is 3. The summed E-state index contributed by atoms with van der Waals surface area (Å²) in [6, 6.07) is 25.7. The van der Waals surface area contributed by atoms with Gasteiger partial charge in [-0.1, -0.05) is 67.6 Å². The van der Waals surface area contributed by atoms with Crippen molar-refractivity contribution in [1.82, 2.24) is 4.90 Å². The van der Waals surface area contributed by atoms with Gasteiger partial charge in [-0.15, -0.1) is 0 Å². The summed E-state index contributed by atoms with van der Waals surface area (Å²) in [5, 5.41) is 3.74. The van der Waals surface area contributed by atoms with Crippen LogP contribution >= 0.6 is 0 Å². The first-order chi connectivity index (χ1) is 18.5. The van der Waals surface area contributed by atoms with E-state index >= 15 is 0 Å². The van der Waals surface area contributed by atoms with Gasteiger partial charge in [0.25, 0.3) is 0 Å². The van der Waals surface area contributed by atoms with Crippen molar-refractivity contribution in [3.05, 3.63) is 107 Å². The Kier molecular flexibility index (Phi) is 7.09. The minimum absolute atomic E-state index is 0.107. The van der Waals surface area contributed by atoms with Gasteiger partial charge >= 0.3 is 11.9 Å². The van der Waals surface area contributed by atoms with Crippen molar-refractivity contribution in [3.8, 4) is 5.75 Å². The van der Waals surface area contributed by atoms with Crippen LogP contribution in [0.15, 0.2) is 90.1 Å². The number of para-hydroxylation sites is 1. The van der Waals surface area contributed by atoms with Crippen LogP contribution < -0.4 is 10.1 Å². The summed E-state index contributed by atoms with van der Waals surface area (Å²) in [4.78, 5) is 28.7. The van der Waals surface area contributed by atoms with Crippen LogP contribution in [0.3, 0.4) is 0 Å². The highest BCUT2D eigenvalue weighted by molar-refractivity contribution is 6.01. The smallest absolute Gasteiger partial charge is 0.354 e. The van der Waals surface area contributed by atoms with Crippen LogP contribution in [0.4, 0.5) is 5.69 Å². The predicted molar refractivity (Wildman–Crippen MR) is 144 cm³/mol. The normalized spacial score (nSPS) is 22.1. The third-order valence-electron chi connectivity index (χ3n) is 7.71. The molecule has 7 nitrogen and oxygen atoms in total. The largest absolute Gasteiger partial charge is 0.497 e. The molecule has 38 heavy (non-hydrogen) atoms. The number of nitrogens with one attached hydrogen (secondary N) is 1. The van der Waals surface area contributed by atoms with Gasteiger partial charge in [0.05, 0.1) is 39.0 Å². The SMILES string of the molecule is COC(=O)C1=C(C(=O)OC)N(Cc2ccccc2)[C@H]2c3ccccc3N[C@H](c3ccc(OC)cc3)[C@H]2[C@@H]1C. The highest BCUT2D eigenvalue weighted by Crippen LogP contribution is 2.55. The average Bonchev–Trinajstić information content (AvgIpc) is 2.97. The fourth-order valence-electron chi connectivity index (χ4n) is 5.97. The Hall–Kier alpha value is -4.26. The standard InChI is InChI=1S/C31H32N2O5/c1-19-25-27(21-14-16-22(36-2)17-15-21)32-24-13-9-8-12-23(24)28(25)33(18-20-10-6-5-7-11-20)29(31(35)38-4)26(19)30(34)37-3/h5-17,19,25,27-28,32H,18H2,1-4H3/t19-,25+,27+,28-/m0/s1. The molecule has 0 aliphatic carbocycles. The first-order valence-electron chi connectivity index (χ1n) is 12.7. The third-order valence-corrected chi connectivity index (χ3v) is 7.71. The third kappa shape index (κ3) is 4.38. The van der Waals surface area contributed by atoms with E-state index in [4.69, 9.17) is 14.2 Å². The van der Waals surface area contributed by atoms with E-state index in [0.717, 1.165) is 28.1 Å². The van der Waals surface area contributed by atoms with Gasteiger partial charge in [0.1, 0.15) is 11.4 Å². The van der Waals surface area contributed by atoms with Crippen LogP contribution in [-0.2, 0) is 25.6 Å². The Morgan fingerprint density at radius 3 is 2.16 bits per heavy atom. The summed E-state index contributed by atoms with van der Waals surface area (Å²) in [7, 11) is 4.34. The van der Waals surface area contributed by atoms with Gasteiger partial charge < -0.3 is 24.4 Å². The van der Waals surface area contributed by atoms with Crippen LogP contribution in [0, 0.1) is 11.8 Å². The summed E-state index contributed by atoms with van der Waals surface area (Å²) in [5.74, 6) is -0.733. The van der Waals surface area contributed by atoms with Gasteiger partial charge in [0.2, 0.25) is 0 Å². The Morgan fingerprint density at radius 1 is 0.842 bits per heavy atom. The Morgan fingerprint density at radius 2 is 1.50 bits per heavy atom. The Bertz CT molecular complexity index is 1350. The van der Waals surface area contributed by atoms with Gasteiger partial charge in [-0.25, -0.2) is 9.59 Å². The molecule has 3 aromatic carbocycles. The van der Waals surface area contributed by atoms with Crippen LogP contribution in [-0.4, -0.2) is 38.2 Å².